The molecule has 0 saturated carbocycles. The maximum atomic E-state index is 9.23. The van der Waals surface area contributed by atoms with E-state index in [1.165, 1.54) is 6.08 Å². The van der Waals surface area contributed by atoms with Gasteiger partial charge in [0.15, 0.2) is 0 Å². The third-order valence-corrected chi connectivity index (χ3v) is 2.04. The number of hydrogen-bond donors (Lipinski definition) is 5. The predicted octanol–water partition coefficient (Wildman–Crippen LogP) is -2.67. The molecule has 5 heteroatoms. The first kappa shape index (κ1) is 9.63. The summed E-state index contributed by atoms with van der Waals surface area (Å²) in [7, 11) is 0. The van der Waals surface area contributed by atoms with Gasteiger partial charge in [-0.1, -0.05) is 6.08 Å². The second-order valence-electron chi connectivity index (χ2n) is 2.90. The Bertz CT molecular complexity index is 194. The van der Waals surface area contributed by atoms with E-state index in [-0.39, 0.29) is 12.2 Å². The summed E-state index contributed by atoms with van der Waals surface area (Å²) in [6.45, 7) is -0.362. The Hall–Kier alpha value is -0.460. The van der Waals surface area contributed by atoms with Crippen LogP contribution in [0.2, 0.25) is 0 Å². The summed E-state index contributed by atoms with van der Waals surface area (Å²) >= 11 is 0. The summed E-state index contributed by atoms with van der Waals surface area (Å²) < 4.78 is 0. The average molecular weight is 175 g/mol. The summed E-state index contributed by atoms with van der Waals surface area (Å²) in [5, 5.41) is 36.3. The maximum Gasteiger partial charge on any atom is 0.111 e. The zero-order valence-corrected chi connectivity index (χ0v) is 6.46. The molecule has 0 fully saturated rings. The standard InChI is InChI=1S/C7H13NO4/c8-4-1-3(2-9)5(10)7(12)6(4)11/h1,4-7,9-12H,2,8H2/t4-,5-,6+,7-/m0/s1. The molecule has 0 aliphatic heterocycles. The molecule has 5 nitrogen and oxygen atoms in total. The lowest BCUT2D eigenvalue weighted by Gasteiger charge is -2.32. The SMILES string of the molecule is N[C@H]1C=C(CO)[C@H](O)[C@H](O)[C@@H]1O. The summed E-state index contributed by atoms with van der Waals surface area (Å²) in [5.74, 6) is 0. The van der Waals surface area contributed by atoms with Crippen molar-refractivity contribution in [1.82, 2.24) is 0 Å². The van der Waals surface area contributed by atoms with Gasteiger partial charge in [-0.05, 0) is 5.57 Å². The number of rotatable bonds is 1. The van der Waals surface area contributed by atoms with Crippen LogP contribution in [0.1, 0.15) is 0 Å². The second-order valence-corrected chi connectivity index (χ2v) is 2.90. The molecule has 12 heavy (non-hydrogen) atoms. The molecule has 0 radical (unpaired) electrons. The third kappa shape index (κ3) is 1.50. The van der Waals surface area contributed by atoms with Crippen molar-refractivity contribution in [3.8, 4) is 0 Å². The highest BCUT2D eigenvalue weighted by Gasteiger charge is 2.34. The Labute approximate surface area is 69.8 Å². The van der Waals surface area contributed by atoms with Gasteiger partial charge >= 0.3 is 0 Å². The first-order chi connectivity index (χ1) is 5.57. The molecule has 4 atom stereocenters. The zero-order valence-electron chi connectivity index (χ0n) is 6.46. The van der Waals surface area contributed by atoms with Crippen LogP contribution in [0.3, 0.4) is 0 Å². The number of nitrogens with two attached hydrogens (primary N) is 1. The third-order valence-electron chi connectivity index (χ3n) is 2.04. The van der Waals surface area contributed by atoms with Gasteiger partial charge < -0.3 is 26.2 Å². The van der Waals surface area contributed by atoms with Gasteiger partial charge in [-0.15, -0.1) is 0 Å². The fourth-order valence-corrected chi connectivity index (χ4v) is 1.22. The van der Waals surface area contributed by atoms with E-state index in [2.05, 4.69) is 0 Å². The molecular weight excluding hydrogens is 162 g/mol. The van der Waals surface area contributed by atoms with Crippen LogP contribution in [0.4, 0.5) is 0 Å². The van der Waals surface area contributed by atoms with Crippen molar-refractivity contribution in [3.05, 3.63) is 11.6 Å². The lowest BCUT2D eigenvalue weighted by molar-refractivity contribution is -0.0596. The quantitative estimate of drug-likeness (QED) is 0.279. The highest BCUT2D eigenvalue weighted by molar-refractivity contribution is 5.20. The summed E-state index contributed by atoms with van der Waals surface area (Å²) in [4.78, 5) is 0. The van der Waals surface area contributed by atoms with Gasteiger partial charge in [-0.2, -0.15) is 0 Å². The van der Waals surface area contributed by atoms with Crippen molar-refractivity contribution in [3.63, 3.8) is 0 Å². The van der Waals surface area contributed by atoms with Gasteiger partial charge in [0.25, 0.3) is 0 Å². The van der Waals surface area contributed by atoms with Crippen molar-refractivity contribution < 1.29 is 20.4 Å². The molecule has 70 valence electrons. The second kappa shape index (κ2) is 3.51. The van der Waals surface area contributed by atoms with E-state index in [0.717, 1.165) is 0 Å². The van der Waals surface area contributed by atoms with Crippen LogP contribution in [0.5, 0.6) is 0 Å². The fourth-order valence-electron chi connectivity index (χ4n) is 1.22. The van der Waals surface area contributed by atoms with Crippen LogP contribution in [-0.4, -0.2) is 51.4 Å². The van der Waals surface area contributed by atoms with Gasteiger partial charge in [-0.3, -0.25) is 0 Å². The van der Waals surface area contributed by atoms with E-state index in [1.807, 2.05) is 0 Å². The smallest absolute Gasteiger partial charge is 0.111 e. The van der Waals surface area contributed by atoms with Crippen molar-refractivity contribution in [2.75, 3.05) is 6.61 Å². The van der Waals surface area contributed by atoms with Crippen molar-refractivity contribution in [1.29, 1.82) is 0 Å². The molecule has 1 rings (SSSR count). The largest absolute Gasteiger partial charge is 0.392 e. The van der Waals surface area contributed by atoms with Crippen LogP contribution in [0.25, 0.3) is 0 Å². The Morgan fingerprint density at radius 3 is 2.33 bits per heavy atom. The minimum atomic E-state index is -1.31. The van der Waals surface area contributed by atoms with Crippen LogP contribution in [-0.2, 0) is 0 Å². The normalized spacial score (nSPS) is 42.6. The Kier molecular flexibility index (Phi) is 2.81. The molecule has 0 spiro atoms. The molecule has 0 amide bonds. The van der Waals surface area contributed by atoms with Crippen LogP contribution < -0.4 is 5.73 Å². The minimum Gasteiger partial charge on any atom is -0.392 e. The molecule has 0 aromatic carbocycles. The molecule has 1 aliphatic rings. The fraction of sp³-hybridized carbons (Fsp3) is 0.714. The topological polar surface area (TPSA) is 107 Å². The monoisotopic (exact) mass is 175 g/mol. The lowest BCUT2D eigenvalue weighted by Crippen LogP contribution is -2.52. The summed E-state index contributed by atoms with van der Waals surface area (Å²) in [5.41, 5.74) is 5.64. The summed E-state index contributed by atoms with van der Waals surface area (Å²) in [6.07, 6.45) is -2.34. The van der Waals surface area contributed by atoms with E-state index >= 15 is 0 Å². The molecule has 0 saturated heterocycles. The molecule has 0 aromatic heterocycles. The Morgan fingerprint density at radius 1 is 1.25 bits per heavy atom. The first-order valence-electron chi connectivity index (χ1n) is 3.69. The van der Waals surface area contributed by atoms with E-state index in [0.29, 0.717) is 0 Å². The Balaban J connectivity index is 2.84. The van der Waals surface area contributed by atoms with Crippen molar-refractivity contribution in [2.24, 2.45) is 5.73 Å². The minimum absolute atomic E-state index is 0.250. The van der Waals surface area contributed by atoms with Gasteiger partial charge in [0.1, 0.15) is 18.3 Å². The van der Waals surface area contributed by atoms with Crippen molar-refractivity contribution >= 4 is 0 Å². The maximum absolute atomic E-state index is 9.23. The molecule has 0 bridgehead atoms. The molecule has 6 N–H and O–H groups in total. The highest BCUT2D eigenvalue weighted by Crippen LogP contribution is 2.18. The van der Waals surface area contributed by atoms with E-state index in [4.69, 9.17) is 15.9 Å². The number of aliphatic hydroxyl groups excluding tert-OH is 4. The first-order valence-corrected chi connectivity index (χ1v) is 3.69. The van der Waals surface area contributed by atoms with Gasteiger partial charge in [-0.25, -0.2) is 0 Å². The molecule has 1 aliphatic carbocycles. The van der Waals surface area contributed by atoms with Crippen molar-refractivity contribution in [2.45, 2.75) is 24.4 Å². The summed E-state index contributed by atoms with van der Waals surface area (Å²) in [6, 6.07) is -0.731. The molecule has 0 heterocycles. The lowest BCUT2D eigenvalue weighted by atomic mass is 9.89. The van der Waals surface area contributed by atoms with Gasteiger partial charge in [0, 0.05) is 0 Å². The van der Waals surface area contributed by atoms with Crippen LogP contribution in [0.15, 0.2) is 11.6 Å². The van der Waals surface area contributed by atoms with Gasteiger partial charge in [0.05, 0.1) is 12.6 Å². The highest BCUT2D eigenvalue weighted by atomic mass is 16.4. The zero-order chi connectivity index (χ0) is 9.30. The van der Waals surface area contributed by atoms with Crippen LogP contribution >= 0.6 is 0 Å². The molecule has 0 aromatic rings. The van der Waals surface area contributed by atoms with E-state index in [1.54, 1.807) is 0 Å². The van der Waals surface area contributed by atoms with Gasteiger partial charge in [0.2, 0.25) is 0 Å². The number of hydrogen-bond acceptors (Lipinski definition) is 5. The number of aliphatic hydroxyl groups is 4. The Morgan fingerprint density at radius 2 is 1.83 bits per heavy atom. The van der Waals surface area contributed by atoms with Crippen LogP contribution in [0, 0.1) is 0 Å². The predicted molar refractivity (Wildman–Crippen MR) is 41.2 cm³/mol. The average Bonchev–Trinajstić information content (AvgIpc) is 2.08. The van der Waals surface area contributed by atoms with E-state index < -0.39 is 24.4 Å². The molecule has 0 unspecified atom stereocenters. The molecular formula is C7H13NO4. The van der Waals surface area contributed by atoms with E-state index in [9.17, 15) is 10.2 Å².